The largest absolute Gasteiger partial charge is 0.490 e. The van der Waals surface area contributed by atoms with Crippen LogP contribution in [0, 0.1) is 0 Å². The highest BCUT2D eigenvalue weighted by atomic mass is 35.5. The zero-order valence-corrected chi connectivity index (χ0v) is 18.2. The summed E-state index contributed by atoms with van der Waals surface area (Å²) in [6.45, 7) is 5.61. The van der Waals surface area contributed by atoms with Crippen molar-refractivity contribution in [2.45, 2.75) is 33.5 Å². The van der Waals surface area contributed by atoms with Gasteiger partial charge in [-0.2, -0.15) is 0 Å². The molecule has 0 fully saturated rings. The SMILES string of the molecule is CCOc1cc(CNc2nnnn2CC)c(Cl)cc1OCc1c(Cl)cccc1Cl. The predicted molar refractivity (Wildman–Crippen MR) is 114 cm³/mol. The normalized spacial score (nSPS) is 10.8. The van der Waals surface area contributed by atoms with Crippen LogP contribution in [0.5, 0.6) is 11.5 Å². The van der Waals surface area contributed by atoms with Gasteiger partial charge in [0.2, 0.25) is 5.95 Å². The van der Waals surface area contributed by atoms with E-state index in [1.54, 1.807) is 28.9 Å². The maximum absolute atomic E-state index is 6.47. The van der Waals surface area contributed by atoms with Crippen LogP contribution in [-0.2, 0) is 19.7 Å². The van der Waals surface area contributed by atoms with Gasteiger partial charge in [-0.25, -0.2) is 4.68 Å². The summed E-state index contributed by atoms with van der Waals surface area (Å²) >= 11 is 18.9. The molecule has 0 spiro atoms. The van der Waals surface area contributed by atoms with Crippen LogP contribution in [0.1, 0.15) is 25.0 Å². The highest BCUT2D eigenvalue weighted by Crippen LogP contribution is 2.35. The van der Waals surface area contributed by atoms with Crippen molar-refractivity contribution in [2.24, 2.45) is 0 Å². The lowest BCUT2D eigenvalue weighted by atomic mass is 10.2. The molecule has 1 heterocycles. The molecule has 1 aromatic heterocycles. The van der Waals surface area contributed by atoms with Gasteiger partial charge in [-0.05, 0) is 48.0 Å². The van der Waals surface area contributed by atoms with Gasteiger partial charge in [0, 0.05) is 39.8 Å². The number of anilines is 1. The summed E-state index contributed by atoms with van der Waals surface area (Å²) < 4.78 is 13.3. The van der Waals surface area contributed by atoms with Crippen molar-refractivity contribution in [3.63, 3.8) is 0 Å². The van der Waals surface area contributed by atoms with Gasteiger partial charge in [0.25, 0.3) is 0 Å². The predicted octanol–water partition coefficient (Wildman–Crippen LogP) is 5.24. The average Bonchev–Trinajstić information content (AvgIpc) is 3.16. The second-order valence-electron chi connectivity index (χ2n) is 5.98. The van der Waals surface area contributed by atoms with Crippen LogP contribution in [0.4, 0.5) is 5.95 Å². The standard InChI is InChI=1S/C19H20Cl3N5O2/c1-3-27-19(24-25-26-27)23-10-12-8-17(28-4-2)18(9-16(12)22)29-11-13-14(20)6-5-7-15(13)21/h5-9H,3-4,10-11H2,1-2H3,(H,23,24,26). The highest BCUT2D eigenvalue weighted by molar-refractivity contribution is 6.36. The monoisotopic (exact) mass is 455 g/mol. The molecule has 7 nitrogen and oxygen atoms in total. The number of ether oxygens (including phenoxy) is 2. The van der Waals surface area contributed by atoms with Gasteiger partial charge in [0.05, 0.1) is 6.61 Å². The topological polar surface area (TPSA) is 74.1 Å². The van der Waals surface area contributed by atoms with Crippen LogP contribution in [0.25, 0.3) is 0 Å². The summed E-state index contributed by atoms with van der Waals surface area (Å²) in [7, 11) is 0. The maximum atomic E-state index is 6.47. The van der Waals surface area contributed by atoms with Crippen molar-refractivity contribution >= 4 is 40.8 Å². The molecular formula is C19H20Cl3N5O2. The first-order chi connectivity index (χ1) is 14.0. The molecular weight excluding hydrogens is 437 g/mol. The summed E-state index contributed by atoms with van der Waals surface area (Å²) in [4.78, 5) is 0. The Hall–Kier alpha value is -2.22. The van der Waals surface area contributed by atoms with E-state index >= 15 is 0 Å². The molecule has 0 aliphatic heterocycles. The van der Waals surface area contributed by atoms with E-state index in [4.69, 9.17) is 44.3 Å². The van der Waals surface area contributed by atoms with Crippen LogP contribution in [-0.4, -0.2) is 26.8 Å². The van der Waals surface area contributed by atoms with Gasteiger partial charge >= 0.3 is 0 Å². The fraction of sp³-hybridized carbons (Fsp3) is 0.316. The first kappa shape index (κ1) is 21.5. The molecule has 1 N–H and O–H groups in total. The minimum atomic E-state index is 0.192. The number of rotatable bonds is 9. The third-order valence-electron chi connectivity index (χ3n) is 4.11. The molecule has 0 atom stereocenters. The number of aryl methyl sites for hydroxylation is 1. The van der Waals surface area contributed by atoms with Gasteiger partial charge in [-0.3, -0.25) is 0 Å². The Kier molecular flexibility index (Phi) is 7.41. The molecule has 0 saturated carbocycles. The van der Waals surface area contributed by atoms with Crippen LogP contribution in [0.2, 0.25) is 15.1 Å². The minimum Gasteiger partial charge on any atom is -0.490 e. The van der Waals surface area contributed by atoms with Crippen molar-refractivity contribution in [1.82, 2.24) is 20.2 Å². The van der Waals surface area contributed by atoms with E-state index in [0.29, 0.717) is 57.8 Å². The number of benzene rings is 2. The van der Waals surface area contributed by atoms with Gasteiger partial charge in [0.15, 0.2) is 11.5 Å². The summed E-state index contributed by atoms with van der Waals surface area (Å²) in [6, 6.07) is 8.87. The minimum absolute atomic E-state index is 0.192. The van der Waals surface area contributed by atoms with E-state index in [9.17, 15) is 0 Å². The first-order valence-electron chi connectivity index (χ1n) is 9.04. The summed E-state index contributed by atoms with van der Waals surface area (Å²) in [5, 5.41) is 16.3. The molecule has 10 heteroatoms. The molecule has 0 aliphatic rings. The Balaban J connectivity index is 1.78. The molecule has 0 unspecified atom stereocenters. The van der Waals surface area contributed by atoms with Crippen LogP contribution in [0.15, 0.2) is 30.3 Å². The van der Waals surface area contributed by atoms with E-state index in [0.717, 1.165) is 5.56 Å². The van der Waals surface area contributed by atoms with E-state index in [-0.39, 0.29) is 6.61 Å². The lowest BCUT2D eigenvalue weighted by Gasteiger charge is -2.16. The smallest absolute Gasteiger partial charge is 0.243 e. The second kappa shape index (κ2) is 10.0. The Morgan fingerprint density at radius 3 is 2.41 bits per heavy atom. The number of nitrogens with one attached hydrogen (secondary N) is 1. The fourth-order valence-electron chi connectivity index (χ4n) is 2.63. The molecule has 2 aromatic carbocycles. The van der Waals surface area contributed by atoms with Crippen molar-refractivity contribution in [1.29, 1.82) is 0 Å². The number of aromatic nitrogens is 4. The lowest BCUT2D eigenvalue weighted by Crippen LogP contribution is -2.09. The number of nitrogens with zero attached hydrogens (tertiary/aromatic N) is 4. The van der Waals surface area contributed by atoms with E-state index in [2.05, 4.69) is 20.8 Å². The third kappa shape index (κ3) is 5.23. The first-order valence-corrected chi connectivity index (χ1v) is 10.2. The number of hydrogen-bond acceptors (Lipinski definition) is 6. The third-order valence-corrected chi connectivity index (χ3v) is 5.17. The Bertz CT molecular complexity index is 960. The van der Waals surface area contributed by atoms with E-state index < -0.39 is 0 Å². The van der Waals surface area contributed by atoms with Crippen LogP contribution < -0.4 is 14.8 Å². The molecule has 3 aromatic rings. The Labute approximate surface area is 183 Å². The number of hydrogen-bond donors (Lipinski definition) is 1. The Morgan fingerprint density at radius 1 is 1.00 bits per heavy atom. The van der Waals surface area contributed by atoms with Gasteiger partial charge in [0.1, 0.15) is 6.61 Å². The number of halogens is 3. The van der Waals surface area contributed by atoms with Crippen molar-refractivity contribution in [3.8, 4) is 11.5 Å². The molecule has 29 heavy (non-hydrogen) atoms. The fourth-order valence-corrected chi connectivity index (χ4v) is 3.36. The molecule has 0 saturated heterocycles. The van der Waals surface area contributed by atoms with Gasteiger partial charge in [-0.1, -0.05) is 46.0 Å². The quantitative estimate of drug-likeness (QED) is 0.474. The average molecular weight is 457 g/mol. The van der Waals surface area contributed by atoms with Gasteiger partial charge < -0.3 is 14.8 Å². The Morgan fingerprint density at radius 2 is 1.72 bits per heavy atom. The van der Waals surface area contributed by atoms with Crippen molar-refractivity contribution < 1.29 is 9.47 Å². The highest BCUT2D eigenvalue weighted by Gasteiger charge is 2.14. The summed E-state index contributed by atoms with van der Waals surface area (Å²) in [5.74, 6) is 1.65. The summed E-state index contributed by atoms with van der Waals surface area (Å²) in [6.07, 6.45) is 0. The zero-order valence-electron chi connectivity index (χ0n) is 16.0. The maximum Gasteiger partial charge on any atom is 0.243 e. The molecule has 0 bridgehead atoms. The molecule has 3 rings (SSSR count). The molecule has 0 aliphatic carbocycles. The molecule has 154 valence electrons. The van der Waals surface area contributed by atoms with E-state index in [1.807, 2.05) is 19.9 Å². The second-order valence-corrected chi connectivity index (χ2v) is 7.21. The van der Waals surface area contributed by atoms with E-state index in [1.165, 1.54) is 0 Å². The molecule has 0 radical (unpaired) electrons. The molecule has 0 amide bonds. The number of tetrazole rings is 1. The van der Waals surface area contributed by atoms with Crippen LogP contribution in [0.3, 0.4) is 0 Å². The van der Waals surface area contributed by atoms with Crippen molar-refractivity contribution in [2.75, 3.05) is 11.9 Å². The van der Waals surface area contributed by atoms with Gasteiger partial charge in [-0.15, -0.1) is 0 Å². The zero-order chi connectivity index (χ0) is 20.8. The lowest BCUT2D eigenvalue weighted by molar-refractivity contribution is 0.269. The van der Waals surface area contributed by atoms with Crippen LogP contribution >= 0.6 is 34.8 Å². The van der Waals surface area contributed by atoms with Crippen molar-refractivity contribution in [3.05, 3.63) is 56.5 Å². The summed E-state index contributed by atoms with van der Waals surface area (Å²) in [5.41, 5.74) is 1.52.